The first kappa shape index (κ1) is 9.51. The molecule has 0 aromatic heterocycles. The smallest absolute Gasteiger partial charge is 0.00505 e. The van der Waals surface area contributed by atoms with Gasteiger partial charge in [0.25, 0.3) is 0 Å². The van der Waals surface area contributed by atoms with Crippen LogP contribution in [0.5, 0.6) is 0 Å². The predicted octanol–water partition coefficient (Wildman–Crippen LogP) is 2.91. The molecule has 13 heavy (non-hydrogen) atoms. The third-order valence-electron chi connectivity index (χ3n) is 3.79. The second kappa shape index (κ2) is 3.61. The second-order valence-electron chi connectivity index (χ2n) is 5.60. The number of hydrogen-bond donors (Lipinski definition) is 0. The molecule has 1 nitrogen and oxygen atoms in total. The summed E-state index contributed by atoms with van der Waals surface area (Å²) in [6.45, 7) is 8.85. The average molecular weight is 181 g/mol. The first-order chi connectivity index (χ1) is 6.20. The van der Waals surface area contributed by atoms with Crippen LogP contribution in [-0.4, -0.2) is 24.5 Å². The maximum Gasteiger partial charge on any atom is 0.00505 e. The molecule has 0 bridgehead atoms. The van der Waals surface area contributed by atoms with E-state index in [0.717, 1.165) is 11.3 Å². The second-order valence-corrected chi connectivity index (χ2v) is 5.60. The van der Waals surface area contributed by atoms with Crippen LogP contribution in [-0.2, 0) is 0 Å². The van der Waals surface area contributed by atoms with Crippen LogP contribution in [0, 0.1) is 11.3 Å². The largest absolute Gasteiger partial charge is 0.302 e. The molecular formula is C12H23N. The van der Waals surface area contributed by atoms with E-state index in [9.17, 15) is 0 Å². The molecular weight excluding hydrogens is 158 g/mol. The molecule has 0 radical (unpaired) electrons. The van der Waals surface area contributed by atoms with Gasteiger partial charge >= 0.3 is 0 Å². The van der Waals surface area contributed by atoms with Crippen molar-refractivity contribution in [3.63, 3.8) is 0 Å². The van der Waals surface area contributed by atoms with Crippen molar-refractivity contribution in [2.45, 2.75) is 46.0 Å². The summed E-state index contributed by atoms with van der Waals surface area (Å²) >= 11 is 0. The highest BCUT2D eigenvalue weighted by molar-refractivity contribution is 5.00. The molecule has 0 amide bonds. The number of hydrogen-bond acceptors (Lipinski definition) is 1. The van der Waals surface area contributed by atoms with Gasteiger partial charge in [0, 0.05) is 13.1 Å². The zero-order valence-corrected chi connectivity index (χ0v) is 9.18. The molecule has 1 aliphatic carbocycles. The lowest BCUT2D eigenvalue weighted by molar-refractivity contribution is -0.0602. The molecule has 2 aliphatic rings. The molecule has 2 rings (SSSR count). The Hall–Kier alpha value is -0.0400. The minimum atomic E-state index is 0.831. The quantitative estimate of drug-likeness (QED) is 0.644. The van der Waals surface area contributed by atoms with Crippen LogP contribution in [0.25, 0.3) is 0 Å². The van der Waals surface area contributed by atoms with Gasteiger partial charge in [-0.1, -0.05) is 20.3 Å². The molecule has 0 aromatic rings. The van der Waals surface area contributed by atoms with Crippen LogP contribution in [0.2, 0.25) is 0 Å². The summed E-state index contributed by atoms with van der Waals surface area (Å²) in [5.41, 5.74) is 0.831. The topological polar surface area (TPSA) is 3.24 Å². The van der Waals surface area contributed by atoms with Gasteiger partial charge in [0.15, 0.2) is 0 Å². The highest BCUT2D eigenvalue weighted by Crippen LogP contribution is 2.47. The Labute approximate surface area is 82.5 Å². The van der Waals surface area contributed by atoms with Gasteiger partial charge < -0.3 is 4.90 Å². The first-order valence-electron chi connectivity index (χ1n) is 5.93. The lowest BCUT2D eigenvalue weighted by atomic mass is 9.63. The van der Waals surface area contributed by atoms with E-state index >= 15 is 0 Å². The van der Waals surface area contributed by atoms with Crippen molar-refractivity contribution in [2.75, 3.05) is 19.6 Å². The highest BCUT2D eigenvalue weighted by Gasteiger charge is 2.46. The van der Waals surface area contributed by atoms with Gasteiger partial charge in [-0.3, -0.25) is 0 Å². The van der Waals surface area contributed by atoms with Gasteiger partial charge in [-0.05, 0) is 43.6 Å². The van der Waals surface area contributed by atoms with Crippen LogP contribution >= 0.6 is 0 Å². The van der Waals surface area contributed by atoms with Crippen molar-refractivity contribution in [3.05, 3.63) is 0 Å². The molecule has 1 saturated heterocycles. The predicted molar refractivity (Wildman–Crippen MR) is 56.8 cm³/mol. The summed E-state index contributed by atoms with van der Waals surface area (Å²) in [6.07, 6.45) is 7.36. The molecule has 0 atom stereocenters. The fourth-order valence-electron chi connectivity index (χ4n) is 2.78. The van der Waals surface area contributed by atoms with Crippen LogP contribution in [0.1, 0.15) is 46.0 Å². The molecule has 1 aliphatic heterocycles. The molecule has 1 spiro atoms. The van der Waals surface area contributed by atoms with Gasteiger partial charge in [0.2, 0.25) is 0 Å². The van der Waals surface area contributed by atoms with E-state index in [1.54, 1.807) is 0 Å². The van der Waals surface area contributed by atoms with E-state index in [1.807, 2.05) is 0 Å². The Bertz CT molecular complexity index is 162. The monoisotopic (exact) mass is 181 g/mol. The lowest BCUT2D eigenvalue weighted by Gasteiger charge is -2.56. The Morgan fingerprint density at radius 2 is 1.92 bits per heavy atom. The average Bonchev–Trinajstić information content (AvgIpc) is 1.89. The fraction of sp³-hybridized carbons (Fsp3) is 1.00. The van der Waals surface area contributed by atoms with Crippen molar-refractivity contribution >= 4 is 0 Å². The molecule has 0 aromatic carbocycles. The van der Waals surface area contributed by atoms with Gasteiger partial charge in [-0.15, -0.1) is 0 Å². The molecule has 2 fully saturated rings. The first-order valence-corrected chi connectivity index (χ1v) is 5.93. The zero-order chi connectivity index (χ0) is 9.31. The Morgan fingerprint density at radius 1 is 1.23 bits per heavy atom. The normalized spacial score (nSPS) is 26.1. The van der Waals surface area contributed by atoms with Gasteiger partial charge in [-0.25, -0.2) is 0 Å². The molecule has 1 heteroatoms. The Balaban J connectivity index is 1.54. The minimum absolute atomic E-state index is 0.831. The summed E-state index contributed by atoms with van der Waals surface area (Å²) in [5.74, 6) is 0.888. The van der Waals surface area contributed by atoms with Crippen molar-refractivity contribution < 1.29 is 0 Å². The van der Waals surface area contributed by atoms with Gasteiger partial charge in [0.05, 0.1) is 0 Å². The SMILES string of the molecule is CC(C)CCCN1CC2(CCC2)C1. The standard InChI is InChI=1S/C12H23N/c1-11(2)5-3-8-13-9-12(10-13)6-4-7-12/h11H,3-10H2,1-2H3. The van der Waals surface area contributed by atoms with Crippen LogP contribution in [0.3, 0.4) is 0 Å². The summed E-state index contributed by atoms with van der Waals surface area (Å²) in [5, 5.41) is 0. The van der Waals surface area contributed by atoms with E-state index in [4.69, 9.17) is 0 Å². The van der Waals surface area contributed by atoms with E-state index in [1.165, 1.54) is 51.7 Å². The number of nitrogens with zero attached hydrogens (tertiary/aromatic N) is 1. The van der Waals surface area contributed by atoms with Crippen LogP contribution < -0.4 is 0 Å². The van der Waals surface area contributed by atoms with Crippen molar-refractivity contribution in [3.8, 4) is 0 Å². The van der Waals surface area contributed by atoms with E-state index in [0.29, 0.717) is 0 Å². The summed E-state index contributed by atoms with van der Waals surface area (Å²) in [7, 11) is 0. The highest BCUT2D eigenvalue weighted by atomic mass is 15.2. The van der Waals surface area contributed by atoms with E-state index < -0.39 is 0 Å². The van der Waals surface area contributed by atoms with E-state index in [2.05, 4.69) is 18.7 Å². The minimum Gasteiger partial charge on any atom is -0.302 e. The Morgan fingerprint density at radius 3 is 2.38 bits per heavy atom. The molecule has 0 unspecified atom stereocenters. The molecule has 0 N–H and O–H groups in total. The van der Waals surface area contributed by atoms with Crippen LogP contribution in [0.15, 0.2) is 0 Å². The van der Waals surface area contributed by atoms with Crippen LogP contribution in [0.4, 0.5) is 0 Å². The maximum absolute atomic E-state index is 2.65. The van der Waals surface area contributed by atoms with Crippen molar-refractivity contribution in [1.82, 2.24) is 4.90 Å². The fourth-order valence-corrected chi connectivity index (χ4v) is 2.78. The summed E-state index contributed by atoms with van der Waals surface area (Å²) in [6, 6.07) is 0. The van der Waals surface area contributed by atoms with Gasteiger partial charge in [-0.2, -0.15) is 0 Å². The van der Waals surface area contributed by atoms with E-state index in [-0.39, 0.29) is 0 Å². The zero-order valence-electron chi connectivity index (χ0n) is 9.18. The third-order valence-corrected chi connectivity index (χ3v) is 3.79. The Kier molecular flexibility index (Phi) is 2.64. The molecule has 1 saturated carbocycles. The number of rotatable bonds is 4. The summed E-state index contributed by atoms with van der Waals surface area (Å²) in [4.78, 5) is 2.65. The van der Waals surface area contributed by atoms with Crippen molar-refractivity contribution in [2.24, 2.45) is 11.3 Å². The lowest BCUT2D eigenvalue weighted by Crippen LogP contribution is -2.59. The third kappa shape index (κ3) is 2.07. The maximum atomic E-state index is 2.65. The summed E-state index contributed by atoms with van der Waals surface area (Å²) < 4.78 is 0. The van der Waals surface area contributed by atoms with Gasteiger partial charge in [0.1, 0.15) is 0 Å². The molecule has 76 valence electrons. The number of likely N-dealkylation sites (tertiary alicyclic amines) is 1. The molecule has 1 heterocycles. The van der Waals surface area contributed by atoms with Crippen molar-refractivity contribution in [1.29, 1.82) is 0 Å².